The number of hydrogen-bond acceptors (Lipinski definition) is 24. The van der Waals surface area contributed by atoms with Gasteiger partial charge in [0.15, 0.2) is 0 Å². The number of carbonyl (C=O) groups excluding carboxylic acids is 4. The van der Waals surface area contributed by atoms with Crippen molar-refractivity contribution in [2.24, 2.45) is 5.73 Å². The molecule has 0 saturated carbocycles. The Morgan fingerprint density at radius 3 is 1.00 bits per heavy atom. The number of likely N-dealkylation sites (N-methyl/N-ethyl adjacent to an activating group) is 2. The molecule has 2 amide bonds. The molecule has 6 fully saturated rings. The SMILES string of the molecule is CC(C)(C)OC(=O)NC1CCN(S(C)(=O)=O)CC1.CC(C)(C)OC(=O)NC1CCNCC1.CCOC(=O)C(C)(C)N(C)C1CCN(S(C)(=O)=O)CC1.CCOC(=O)C(C)(C)NC1CCN(S(C)(=O)=O)CC1.CN(C1CCN(S(C)(=O)=O)CC1)C(C)(C)C(=O)O.CS(=O)(=O)N1CCC(N)CC1. The molecular weight excluding hydrogens is 1410 g/mol. The van der Waals surface area contributed by atoms with Crippen molar-refractivity contribution < 1.29 is 90.1 Å². The molecule has 590 valence electrons. The Bertz CT molecular complexity index is 3120. The molecule has 6 saturated heterocycles. The molecule has 0 bridgehead atoms. The summed E-state index contributed by atoms with van der Waals surface area (Å²) < 4.78 is 141. The first-order valence-electron chi connectivity index (χ1n) is 34.4. The first kappa shape index (κ1) is 94.3. The van der Waals surface area contributed by atoms with Crippen molar-refractivity contribution in [1.82, 2.24) is 52.6 Å². The second kappa shape index (κ2) is 40.7. The highest BCUT2D eigenvalue weighted by Gasteiger charge is 2.41. The standard InChI is InChI=1S/C13H26N2O4S.C12H24N2O4S.2C11H22N2O4S.C10H20N2O2.C6H14N2O2S/c1-6-19-12(16)13(2,3)14(4)11-7-9-15(10-8-11)20(5,17)18;1-5-18-11(15)12(2,3)13-10-6-8-14(9-7-10)19(4,16)17;1-11(2,10(14)15)12(3)9-5-7-13(8-6-9)18(4,16)17;1-11(2,3)17-10(14)12-9-5-7-13(8-6-9)18(4,15)16;1-10(2,3)14-9(13)12-8-4-6-11-7-5-8;1-11(9,10)8-4-2-6(7)3-5-8/h11H,6-10H2,1-5H3;10,13H,5-9H2,1-4H3;9H,5-8H2,1-4H3,(H,14,15);9H,5-8H2,1-4H3,(H,12,14);8,11H,4-7H2,1-3H3,(H,12,13);6H,2-5,7H2,1H3. The van der Waals surface area contributed by atoms with Crippen LogP contribution in [0.4, 0.5) is 9.59 Å². The molecule has 7 N–H and O–H groups in total. The Labute approximate surface area is 600 Å². The normalized spacial score (nSPS) is 20.0. The van der Waals surface area contributed by atoms with Gasteiger partial charge in [-0.3, -0.25) is 29.5 Å². The lowest BCUT2D eigenvalue weighted by Gasteiger charge is -2.42. The van der Waals surface area contributed by atoms with Crippen molar-refractivity contribution in [1.29, 1.82) is 0 Å². The number of carboxylic acid groups (broad SMARTS) is 1. The van der Waals surface area contributed by atoms with Crippen LogP contribution in [0.25, 0.3) is 0 Å². The van der Waals surface area contributed by atoms with Crippen molar-refractivity contribution in [3.63, 3.8) is 0 Å². The number of carbonyl (C=O) groups is 5. The molecule has 32 nitrogen and oxygen atoms in total. The number of piperidine rings is 6. The van der Waals surface area contributed by atoms with Crippen LogP contribution in [0.15, 0.2) is 0 Å². The largest absolute Gasteiger partial charge is 0.480 e. The first-order chi connectivity index (χ1) is 45.4. The zero-order valence-electron chi connectivity index (χ0n) is 63.8. The van der Waals surface area contributed by atoms with Crippen LogP contribution in [0.2, 0.25) is 0 Å². The van der Waals surface area contributed by atoms with E-state index in [9.17, 15) is 71.2 Å². The minimum Gasteiger partial charge on any atom is -0.480 e. The van der Waals surface area contributed by atoms with Gasteiger partial charge in [-0.15, -0.1) is 0 Å². The number of alkyl carbamates (subject to hydrolysis) is 2. The number of nitrogens with two attached hydrogens (primary N) is 1. The lowest BCUT2D eigenvalue weighted by Crippen LogP contribution is -2.56. The molecule has 6 rings (SSSR count). The van der Waals surface area contributed by atoms with E-state index < -0.39 is 90.0 Å². The maximum absolute atomic E-state index is 12.0. The van der Waals surface area contributed by atoms with Gasteiger partial charge >= 0.3 is 30.1 Å². The highest BCUT2D eigenvalue weighted by Crippen LogP contribution is 2.27. The Morgan fingerprint density at radius 2 is 0.710 bits per heavy atom. The fraction of sp³-hybridized carbons (Fsp3) is 0.921. The summed E-state index contributed by atoms with van der Waals surface area (Å²) >= 11 is 0. The molecular formula is C63H128N12O20S5. The van der Waals surface area contributed by atoms with Gasteiger partial charge in [-0.05, 0) is 201 Å². The Kier molecular flexibility index (Phi) is 38.4. The molecule has 6 heterocycles. The highest BCUT2D eigenvalue weighted by atomic mass is 32.2. The van der Waals surface area contributed by atoms with Crippen LogP contribution in [-0.2, 0) is 83.4 Å². The molecule has 37 heteroatoms. The summed E-state index contributed by atoms with van der Waals surface area (Å²) in [5.74, 6) is -1.39. The summed E-state index contributed by atoms with van der Waals surface area (Å²) in [4.78, 5) is 61.7. The zero-order chi connectivity index (χ0) is 77.4. The smallest absolute Gasteiger partial charge is 0.407 e. The summed E-state index contributed by atoms with van der Waals surface area (Å²) in [5, 5.41) is 21.3. The molecule has 100 heavy (non-hydrogen) atoms. The third kappa shape index (κ3) is 35.9. The highest BCUT2D eigenvalue weighted by molar-refractivity contribution is 7.89. The van der Waals surface area contributed by atoms with E-state index >= 15 is 0 Å². The average molecular weight is 1530 g/mol. The molecule has 0 atom stereocenters. The maximum Gasteiger partial charge on any atom is 0.407 e. The zero-order valence-corrected chi connectivity index (χ0v) is 67.9. The van der Waals surface area contributed by atoms with Gasteiger partial charge in [0, 0.05) is 102 Å². The summed E-state index contributed by atoms with van der Waals surface area (Å²) in [6, 6.07) is 0.871. The summed E-state index contributed by atoms with van der Waals surface area (Å²) in [6.45, 7) is 32.8. The second-order valence-electron chi connectivity index (χ2n) is 29.8. The Hall–Kier alpha value is -3.70. The molecule has 0 aromatic rings. The van der Waals surface area contributed by atoms with Crippen molar-refractivity contribution in [2.45, 2.75) is 238 Å². The van der Waals surface area contributed by atoms with Gasteiger partial charge in [0.25, 0.3) is 0 Å². The second-order valence-corrected chi connectivity index (χ2v) is 39.7. The molecule has 0 aromatic carbocycles. The number of hydrogen-bond donors (Lipinski definition) is 6. The predicted molar refractivity (Wildman–Crippen MR) is 388 cm³/mol. The van der Waals surface area contributed by atoms with Gasteiger partial charge in [0.1, 0.15) is 27.8 Å². The average Bonchev–Trinajstić information content (AvgIpc) is 0.808. The third-order valence-electron chi connectivity index (χ3n) is 17.9. The van der Waals surface area contributed by atoms with Gasteiger partial charge < -0.3 is 45.7 Å². The molecule has 0 spiro atoms. The Morgan fingerprint density at radius 1 is 0.440 bits per heavy atom. The number of aliphatic carboxylic acids is 1. The van der Waals surface area contributed by atoms with Crippen LogP contribution in [0.1, 0.15) is 174 Å². The topological polar surface area (TPSA) is 410 Å². The predicted octanol–water partition coefficient (Wildman–Crippen LogP) is 2.80. The van der Waals surface area contributed by atoms with Gasteiger partial charge in [-0.25, -0.2) is 73.2 Å². The Balaban J connectivity index is 0.000000605. The molecule has 0 unspecified atom stereocenters. The van der Waals surface area contributed by atoms with Crippen LogP contribution in [-0.4, -0.2) is 310 Å². The van der Waals surface area contributed by atoms with Crippen LogP contribution in [0, 0.1) is 0 Å². The van der Waals surface area contributed by atoms with E-state index in [2.05, 4.69) is 21.3 Å². The first-order valence-corrected chi connectivity index (χ1v) is 43.6. The van der Waals surface area contributed by atoms with E-state index in [-0.39, 0.29) is 54.3 Å². The minimum absolute atomic E-state index is 0.0159. The van der Waals surface area contributed by atoms with Crippen LogP contribution in [0.5, 0.6) is 0 Å². The van der Waals surface area contributed by atoms with Crippen LogP contribution >= 0.6 is 0 Å². The van der Waals surface area contributed by atoms with Crippen molar-refractivity contribution in [2.75, 3.05) is 137 Å². The van der Waals surface area contributed by atoms with Gasteiger partial charge in [-0.1, -0.05) is 0 Å². The summed E-state index contributed by atoms with van der Waals surface area (Å²) in [5.41, 5.74) is 2.32. The quantitative estimate of drug-likeness (QED) is 0.0848. The fourth-order valence-electron chi connectivity index (χ4n) is 11.3. The van der Waals surface area contributed by atoms with Crippen LogP contribution < -0.4 is 27.0 Å². The molecule has 0 radical (unpaired) electrons. The van der Waals surface area contributed by atoms with Crippen molar-refractivity contribution in [3.8, 4) is 0 Å². The monoisotopic (exact) mass is 1530 g/mol. The van der Waals surface area contributed by atoms with Gasteiger partial charge in [0.05, 0.1) is 44.5 Å². The van der Waals surface area contributed by atoms with E-state index in [0.717, 1.165) is 51.6 Å². The lowest BCUT2D eigenvalue weighted by atomic mass is 9.96. The molecule has 0 aromatic heterocycles. The summed E-state index contributed by atoms with van der Waals surface area (Å²) in [7, 11) is -11.7. The minimum atomic E-state index is -3.13. The van der Waals surface area contributed by atoms with Crippen molar-refractivity contribution in [3.05, 3.63) is 0 Å². The fourth-order valence-corrected chi connectivity index (χ4v) is 15.7. The number of nitrogens with one attached hydrogen (secondary N) is 4. The molecule has 6 aliphatic rings. The third-order valence-corrected chi connectivity index (χ3v) is 24.4. The van der Waals surface area contributed by atoms with Gasteiger partial charge in [-0.2, -0.15) is 0 Å². The number of ether oxygens (including phenoxy) is 4. The van der Waals surface area contributed by atoms with E-state index in [1.165, 1.54) is 52.8 Å². The number of rotatable bonds is 18. The van der Waals surface area contributed by atoms with E-state index in [0.29, 0.717) is 117 Å². The number of carboxylic acids is 1. The number of sulfonamides is 5. The summed E-state index contributed by atoms with van der Waals surface area (Å²) in [6.07, 6.45) is 14.3. The van der Waals surface area contributed by atoms with E-state index in [4.69, 9.17) is 24.7 Å². The lowest BCUT2D eigenvalue weighted by molar-refractivity contribution is -0.157. The molecule has 6 aliphatic heterocycles. The van der Waals surface area contributed by atoms with Crippen LogP contribution in [0.3, 0.4) is 0 Å². The van der Waals surface area contributed by atoms with E-state index in [1.54, 1.807) is 69.4 Å². The molecule has 0 aliphatic carbocycles. The van der Waals surface area contributed by atoms with E-state index in [1.807, 2.05) is 51.5 Å². The number of nitrogens with zero attached hydrogens (tertiary/aromatic N) is 7. The number of amides is 2. The van der Waals surface area contributed by atoms with Crippen molar-refractivity contribution >= 4 is 80.2 Å². The maximum atomic E-state index is 12.0. The number of esters is 2. The van der Waals surface area contributed by atoms with Gasteiger partial charge in [0.2, 0.25) is 50.1 Å².